The molecule has 0 aliphatic heterocycles. The van der Waals surface area contributed by atoms with E-state index in [1.807, 2.05) is 91.0 Å². The summed E-state index contributed by atoms with van der Waals surface area (Å²) in [6, 6.07) is 57.6. The van der Waals surface area contributed by atoms with Gasteiger partial charge in [-0.05, 0) is 69.4 Å². The molecular weight excluding hydrogens is 691 g/mol. The molecule has 4 aromatic heterocycles. The summed E-state index contributed by atoms with van der Waals surface area (Å²) in [6.07, 6.45) is 1.73. The minimum atomic E-state index is 0.468. The smallest absolute Gasteiger partial charge is 0.246 e. The van der Waals surface area contributed by atoms with E-state index in [0.29, 0.717) is 45.7 Å². The lowest BCUT2D eigenvalue weighted by Crippen LogP contribution is -2.00. The van der Waals surface area contributed by atoms with Crippen molar-refractivity contribution in [2.75, 3.05) is 0 Å². The zero-order valence-corrected chi connectivity index (χ0v) is 29.8. The first-order chi connectivity index (χ1) is 27.7. The van der Waals surface area contributed by atoms with Gasteiger partial charge in [-0.3, -0.25) is 4.98 Å². The fraction of sp³-hybridized carbons (Fsp3) is 0. The van der Waals surface area contributed by atoms with Gasteiger partial charge in [-0.1, -0.05) is 133 Å². The van der Waals surface area contributed by atoms with E-state index in [1.54, 1.807) is 6.20 Å². The Bertz CT molecular complexity index is 3170. The van der Waals surface area contributed by atoms with Gasteiger partial charge in [0.05, 0.1) is 0 Å². The normalized spacial score (nSPS) is 11.6. The lowest BCUT2D eigenvalue weighted by atomic mass is 9.91. The Morgan fingerprint density at radius 2 is 0.911 bits per heavy atom. The highest BCUT2D eigenvalue weighted by molar-refractivity contribution is 6.14. The van der Waals surface area contributed by atoms with Gasteiger partial charge >= 0.3 is 0 Å². The molecular formula is C49H29N5O2. The molecule has 0 N–H and O–H groups in total. The summed E-state index contributed by atoms with van der Waals surface area (Å²) in [5.41, 5.74) is 10.8. The largest absolute Gasteiger partial charge is 0.454 e. The molecule has 4 heterocycles. The van der Waals surface area contributed by atoms with Crippen molar-refractivity contribution in [2.24, 2.45) is 0 Å². The van der Waals surface area contributed by atoms with Gasteiger partial charge in [0.25, 0.3) is 0 Å². The number of rotatable bonds is 6. The fourth-order valence-corrected chi connectivity index (χ4v) is 7.53. The highest BCUT2D eigenvalue weighted by Crippen LogP contribution is 2.40. The van der Waals surface area contributed by atoms with Crippen LogP contribution >= 0.6 is 0 Å². The summed E-state index contributed by atoms with van der Waals surface area (Å²) >= 11 is 0. The molecule has 7 heteroatoms. The molecule has 0 fully saturated rings. The zero-order valence-electron chi connectivity index (χ0n) is 29.8. The van der Waals surface area contributed by atoms with E-state index in [9.17, 15) is 0 Å². The highest BCUT2D eigenvalue weighted by atomic mass is 16.4. The Labute approximate surface area is 320 Å². The van der Waals surface area contributed by atoms with Crippen LogP contribution in [0.2, 0.25) is 0 Å². The Kier molecular flexibility index (Phi) is 7.35. The van der Waals surface area contributed by atoms with Crippen molar-refractivity contribution < 1.29 is 8.83 Å². The quantitative estimate of drug-likeness (QED) is 0.169. The minimum absolute atomic E-state index is 0.468. The number of fused-ring (bicyclic) bond motifs is 6. The molecule has 0 unspecified atom stereocenters. The second-order valence-corrected chi connectivity index (χ2v) is 13.7. The number of nitrogens with zero attached hydrogens (tertiary/aromatic N) is 5. The predicted molar refractivity (Wildman–Crippen MR) is 223 cm³/mol. The van der Waals surface area contributed by atoms with Crippen molar-refractivity contribution >= 4 is 43.8 Å². The third-order valence-electron chi connectivity index (χ3n) is 10.3. The topological polar surface area (TPSA) is 90.7 Å². The van der Waals surface area contributed by atoms with E-state index < -0.39 is 0 Å². The number of hydrogen-bond acceptors (Lipinski definition) is 7. The van der Waals surface area contributed by atoms with E-state index in [4.69, 9.17) is 28.8 Å². The van der Waals surface area contributed by atoms with Gasteiger partial charge in [-0.15, -0.1) is 0 Å². The monoisotopic (exact) mass is 719 g/mol. The van der Waals surface area contributed by atoms with Gasteiger partial charge in [-0.25, -0.2) is 19.9 Å². The van der Waals surface area contributed by atoms with Gasteiger partial charge in [0.15, 0.2) is 34.2 Å². The molecule has 0 spiro atoms. The summed E-state index contributed by atoms with van der Waals surface area (Å²) < 4.78 is 12.6. The predicted octanol–water partition coefficient (Wildman–Crippen LogP) is 12.5. The number of benzene rings is 7. The maximum atomic E-state index is 6.54. The van der Waals surface area contributed by atoms with E-state index in [1.165, 1.54) is 0 Å². The minimum Gasteiger partial charge on any atom is -0.454 e. The number of oxazole rings is 1. The van der Waals surface area contributed by atoms with Gasteiger partial charge in [-0.2, -0.15) is 0 Å². The number of pyridine rings is 1. The second-order valence-electron chi connectivity index (χ2n) is 13.7. The standard InChI is InChI=1S/C49H29N5O2/c1-3-11-31(12-4-1)46-52-47(32-13-5-2-6-14-32)54-48(53-46)33-20-18-30(19-21-33)35-24-25-36(38-16-8-7-15-37(35)38)34-22-23-39-40-26-27-42-44(45(40)55-43(39)29-34)51-49(56-42)41-17-9-10-28-50-41/h1-29H. The molecule has 7 aromatic carbocycles. The average Bonchev–Trinajstić information content (AvgIpc) is 3.89. The van der Waals surface area contributed by atoms with Crippen molar-refractivity contribution in [3.8, 4) is 68.0 Å². The van der Waals surface area contributed by atoms with Crippen molar-refractivity contribution in [1.82, 2.24) is 24.9 Å². The molecule has 0 saturated heterocycles. The van der Waals surface area contributed by atoms with Crippen LogP contribution in [0.25, 0.3) is 112 Å². The lowest BCUT2D eigenvalue weighted by Gasteiger charge is -2.13. The van der Waals surface area contributed by atoms with Gasteiger partial charge < -0.3 is 8.83 Å². The third kappa shape index (κ3) is 5.41. The SMILES string of the molecule is c1ccc(-c2nc(-c3ccccc3)nc(-c3ccc(-c4ccc(-c5ccc6c(c5)oc5c6ccc6oc(-c7ccccn7)nc65)c5ccccc45)cc3)n2)cc1. The Balaban J connectivity index is 0.963. The molecule has 0 amide bonds. The van der Waals surface area contributed by atoms with Crippen molar-refractivity contribution in [3.63, 3.8) is 0 Å². The molecule has 0 radical (unpaired) electrons. The Morgan fingerprint density at radius 1 is 0.357 bits per heavy atom. The van der Waals surface area contributed by atoms with Crippen molar-refractivity contribution in [1.29, 1.82) is 0 Å². The Hall–Kier alpha value is -7.77. The van der Waals surface area contributed by atoms with Crippen LogP contribution < -0.4 is 0 Å². The number of hydrogen-bond donors (Lipinski definition) is 0. The molecule has 0 aliphatic rings. The maximum Gasteiger partial charge on any atom is 0.246 e. The summed E-state index contributed by atoms with van der Waals surface area (Å²) in [7, 11) is 0. The number of aromatic nitrogens is 5. The molecule has 262 valence electrons. The molecule has 0 bridgehead atoms. The van der Waals surface area contributed by atoms with Gasteiger partial charge in [0, 0.05) is 33.7 Å². The molecule has 11 rings (SSSR count). The fourth-order valence-electron chi connectivity index (χ4n) is 7.53. The van der Waals surface area contributed by atoms with Crippen LogP contribution in [0.3, 0.4) is 0 Å². The van der Waals surface area contributed by atoms with Crippen LogP contribution in [0.4, 0.5) is 0 Å². The summed E-state index contributed by atoms with van der Waals surface area (Å²) in [5.74, 6) is 2.38. The average molecular weight is 720 g/mol. The molecule has 11 aromatic rings. The van der Waals surface area contributed by atoms with Crippen LogP contribution in [0.1, 0.15) is 0 Å². The first kappa shape index (κ1) is 31.7. The van der Waals surface area contributed by atoms with Crippen molar-refractivity contribution in [2.45, 2.75) is 0 Å². The van der Waals surface area contributed by atoms with Crippen LogP contribution in [0.15, 0.2) is 185 Å². The molecule has 56 heavy (non-hydrogen) atoms. The summed E-state index contributed by atoms with van der Waals surface area (Å²) in [4.78, 5) is 23.9. The van der Waals surface area contributed by atoms with Crippen LogP contribution in [-0.4, -0.2) is 24.9 Å². The molecule has 7 nitrogen and oxygen atoms in total. The first-order valence-corrected chi connectivity index (χ1v) is 18.4. The summed E-state index contributed by atoms with van der Waals surface area (Å²) in [6.45, 7) is 0. The van der Waals surface area contributed by atoms with Gasteiger partial charge in [0.1, 0.15) is 11.3 Å². The molecule has 0 atom stereocenters. The lowest BCUT2D eigenvalue weighted by molar-refractivity contribution is 0.616. The number of furan rings is 1. The van der Waals surface area contributed by atoms with Gasteiger partial charge in [0.2, 0.25) is 5.89 Å². The molecule has 0 aliphatic carbocycles. The van der Waals surface area contributed by atoms with Crippen LogP contribution in [0, 0.1) is 0 Å². The highest BCUT2D eigenvalue weighted by Gasteiger charge is 2.18. The van der Waals surface area contributed by atoms with Crippen LogP contribution in [-0.2, 0) is 0 Å². The van der Waals surface area contributed by atoms with E-state index in [0.717, 1.165) is 66.1 Å². The first-order valence-electron chi connectivity index (χ1n) is 18.4. The second kappa shape index (κ2) is 13.0. The van der Waals surface area contributed by atoms with E-state index in [-0.39, 0.29) is 0 Å². The van der Waals surface area contributed by atoms with Crippen molar-refractivity contribution in [3.05, 3.63) is 176 Å². The third-order valence-corrected chi connectivity index (χ3v) is 10.3. The zero-order chi connectivity index (χ0) is 37.0. The summed E-state index contributed by atoms with van der Waals surface area (Å²) in [5, 5.41) is 4.33. The van der Waals surface area contributed by atoms with E-state index >= 15 is 0 Å². The maximum absolute atomic E-state index is 6.54. The molecule has 0 saturated carbocycles. The van der Waals surface area contributed by atoms with E-state index in [2.05, 4.69) is 83.8 Å². The Morgan fingerprint density at radius 3 is 1.55 bits per heavy atom. The van der Waals surface area contributed by atoms with Crippen LogP contribution in [0.5, 0.6) is 0 Å².